The minimum absolute atomic E-state index is 0.158. The third-order valence-electron chi connectivity index (χ3n) is 1.62. The van der Waals surface area contributed by atoms with Crippen molar-refractivity contribution in [3.05, 3.63) is 6.33 Å². The van der Waals surface area contributed by atoms with Gasteiger partial charge >= 0.3 is 6.03 Å². The number of aromatic nitrogens is 2. The quantitative estimate of drug-likeness (QED) is 0.581. The molecule has 0 aliphatic heterocycles. The van der Waals surface area contributed by atoms with E-state index in [1.165, 1.54) is 25.0 Å². The number of anilines is 1. The molecule has 1 heterocycles. The normalized spacial score (nSPS) is 11.1. The first-order chi connectivity index (χ1) is 6.88. The van der Waals surface area contributed by atoms with E-state index in [0.29, 0.717) is 0 Å². The highest BCUT2D eigenvalue weighted by Crippen LogP contribution is 2.14. The summed E-state index contributed by atoms with van der Waals surface area (Å²) in [6.07, 6.45) is 1.24. The van der Waals surface area contributed by atoms with E-state index >= 15 is 0 Å². The van der Waals surface area contributed by atoms with Crippen LogP contribution in [-0.4, -0.2) is 31.0 Å². The van der Waals surface area contributed by atoms with Gasteiger partial charge in [0.2, 0.25) is 0 Å². The van der Waals surface area contributed by atoms with Crippen molar-refractivity contribution in [2.45, 2.75) is 5.03 Å². The molecule has 0 aromatic carbocycles. The molecule has 0 unspecified atom stereocenters. The Kier molecular flexibility index (Phi) is 2.84. The first kappa shape index (κ1) is 11.3. The van der Waals surface area contributed by atoms with Crippen LogP contribution in [0.3, 0.4) is 0 Å². The molecule has 0 saturated heterocycles. The fourth-order valence-electron chi connectivity index (χ4n) is 0.986. The third kappa shape index (κ3) is 2.18. The molecule has 84 valence electrons. The molecular formula is C6H11N5O3S. The Morgan fingerprint density at radius 3 is 2.60 bits per heavy atom. The Balaban J connectivity index is 3.12. The Bertz CT molecular complexity index is 457. The van der Waals surface area contributed by atoms with E-state index in [1.807, 2.05) is 0 Å². The first-order valence-electron chi connectivity index (χ1n) is 3.90. The molecule has 0 atom stereocenters. The van der Waals surface area contributed by atoms with Crippen LogP contribution < -0.4 is 15.8 Å². The Hall–Kier alpha value is -1.77. The molecule has 0 radical (unpaired) electrons. The van der Waals surface area contributed by atoms with Gasteiger partial charge in [0.25, 0.3) is 10.0 Å². The van der Waals surface area contributed by atoms with Gasteiger partial charge in [-0.2, -0.15) is 8.42 Å². The summed E-state index contributed by atoms with van der Waals surface area (Å²) in [5.74, 6) is -0.158. The lowest BCUT2D eigenvalue weighted by Crippen LogP contribution is -2.38. The van der Waals surface area contributed by atoms with Gasteiger partial charge in [-0.3, -0.25) is 0 Å². The second kappa shape index (κ2) is 3.77. The van der Waals surface area contributed by atoms with Gasteiger partial charge in [-0.15, -0.1) is 0 Å². The number of carbonyl (C=O) groups excluding carboxylic acids is 1. The van der Waals surface area contributed by atoms with Crippen LogP contribution >= 0.6 is 0 Å². The number of hydrogen-bond acceptors (Lipinski definition) is 5. The number of hydrogen-bond donors (Lipinski definition) is 3. The summed E-state index contributed by atoms with van der Waals surface area (Å²) in [6.45, 7) is 0. The molecule has 0 aliphatic carbocycles. The van der Waals surface area contributed by atoms with Gasteiger partial charge in [-0.1, -0.05) is 0 Å². The van der Waals surface area contributed by atoms with Crippen LogP contribution in [0.4, 0.5) is 10.6 Å². The molecule has 1 rings (SSSR count). The smallest absolute Gasteiger partial charge is 0.328 e. The number of carbonyl (C=O) groups is 1. The number of sulfonamides is 1. The van der Waals surface area contributed by atoms with E-state index < -0.39 is 16.1 Å². The van der Waals surface area contributed by atoms with E-state index in [4.69, 9.17) is 5.73 Å². The topological polar surface area (TPSA) is 119 Å². The predicted octanol–water partition coefficient (Wildman–Crippen LogP) is -1.38. The van der Waals surface area contributed by atoms with Gasteiger partial charge in [0.05, 0.1) is 6.33 Å². The Labute approximate surface area is 86.5 Å². The number of imidazole rings is 1. The predicted molar refractivity (Wildman–Crippen MR) is 52.4 cm³/mol. The molecular weight excluding hydrogens is 222 g/mol. The second-order valence-corrected chi connectivity index (χ2v) is 4.33. The second-order valence-electron chi connectivity index (χ2n) is 2.73. The van der Waals surface area contributed by atoms with Crippen LogP contribution in [0.5, 0.6) is 0 Å². The van der Waals surface area contributed by atoms with Crippen LogP contribution in [0, 0.1) is 0 Å². The van der Waals surface area contributed by atoms with Crippen molar-refractivity contribution in [3.63, 3.8) is 0 Å². The molecule has 0 fully saturated rings. The Morgan fingerprint density at radius 2 is 2.20 bits per heavy atom. The number of nitrogen functional groups attached to an aromatic ring is 1. The first-order valence-corrected chi connectivity index (χ1v) is 5.38. The number of aryl methyl sites for hydroxylation is 1. The average molecular weight is 233 g/mol. The summed E-state index contributed by atoms with van der Waals surface area (Å²) in [4.78, 5) is 14.5. The minimum atomic E-state index is -3.98. The maximum absolute atomic E-state index is 11.6. The molecule has 9 heteroatoms. The van der Waals surface area contributed by atoms with Crippen LogP contribution in [-0.2, 0) is 17.1 Å². The standard InChI is InChI=1S/C6H11N5O3S/c1-8-6(12)10-15(13,14)5-4(7)9-3-11(5)2/h3H,7H2,1-2H3,(H2,8,10,12). The van der Waals surface area contributed by atoms with E-state index in [0.717, 1.165) is 0 Å². The summed E-state index contributed by atoms with van der Waals surface area (Å²) in [5, 5.41) is 1.88. The van der Waals surface area contributed by atoms with E-state index in [2.05, 4.69) is 10.3 Å². The summed E-state index contributed by atoms with van der Waals surface area (Å²) < 4.78 is 26.2. The Morgan fingerprint density at radius 1 is 1.60 bits per heavy atom. The van der Waals surface area contributed by atoms with Gasteiger partial charge in [-0.25, -0.2) is 14.5 Å². The maximum Gasteiger partial charge on any atom is 0.328 e. The van der Waals surface area contributed by atoms with Crippen LogP contribution in [0.25, 0.3) is 0 Å². The zero-order chi connectivity index (χ0) is 11.6. The zero-order valence-electron chi connectivity index (χ0n) is 8.18. The molecule has 4 N–H and O–H groups in total. The number of rotatable bonds is 2. The van der Waals surface area contributed by atoms with Crippen molar-refractivity contribution in [2.24, 2.45) is 7.05 Å². The molecule has 0 bridgehead atoms. The van der Waals surface area contributed by atoms with Crippen LogP contribution in [0.1, 0.15) is 0 Å². The maximum atomic E-state index is 11.6. The van der Waals surface area contributed by atoms with Gasteiger partial charge in [0.15, 0.2) is 10.8 Å². The lowest BCUT2D eigenvalue weighted by molar-refractivity contribution is 0.247. The summed E-state index contributed by atoms with van der Waals surface area (Å²) in [6, 6.07) is -0.837. The number of nitrogens with one attached hydrogen (secondary N) is 2. The van der Waals surface area contributed by atoms with Gasteiger partial charge in [0.1, 0.15) is 0 Å². The molecule has 15 heavy (non-hydrogen) atoms. The van der Waals surface area contributed by atoms with E-state index in [1.54, 1.807) is 4.72 Å². The average Bonchev–Trinajstić information content (AvgIpc) is 2.45. The van der Waals surface area contributed by atoms with Crippen molar-refractivity contribution in [1.29, 1.82) is 0 Å². The monoisotopic (exact) mass is 233 g/mol. The number of nitrogens with two attached hydrogens (primary N) is 1. The largest absolute Gasteiger partial charge is 0.381 e. The molecule has 8 nitrogen and oxygen atoms in total. The summed E-state index contributed by atoms with van der Waals surface area (Å²) >= 11 is 0. The van der Waals surface area contributed by atoms with Crippen molar-refractivity contribution in [1.82, 2.24) is 19.6 Å². The van der Waals surface area contributed by atoms with Crippen LogP contribution in [0.2, 0.25) is 0 Å². The van der Waals surface area contributed by atoms with Gasteiger partial charge in [0, 0.05) is 14.1 Å². The highest BCUT2D eigenvalue weighted by Gasteiger charge is 2.23. The molecule has 0 aliphatic rings. The highest BCUT2D eigenvalue weighted by molar-refractivity contribution is 7.90. The van der Waals surface area contributed by atoms with Crippen molar-refractivity contribution in [3.8, 4) is 0 Å². The number of nitrogens with zero attached hydrogens (tertiary/aromatic N) is 2. The molecule has 2 amide bonds. The highest BCUT2D eigenvalue weighted by atomic mass is 32.2. The summed E-state index contributed by atoms with van der Waals surface area (Å²) in [7, 11) is -1.21. The van der Waals surface area contributed by atoms with E-state index in [-0.39, 0.29) is 10.8 Å². The SMILES string of the molecule is CNC(=O)NS(=O)(=O)c1c(N)ncn1C. The van der Waals surface area contributed by atoms with Crippen molar-refractivity contribution in [2.75, 3.05) is 12.8 Å². The fourth-order valence-corrected chi connectivity index (χ4v) is 2.18. The molecule has 0 spiro atoms. The lowest BCUT2D eigenvalue weighted by Gasteiger charge is -2.06. The number of amides is 2. The van der Waals surface area contributed by atoms with Gasteiger partial charge in [-0.05, 0) is 0 Å². The third-order valence-corrected chi connectivity index (χ3v) is 3.08. The molecule has 1 aromatic heterocycles. The zero-order valence-corrected chi connectivity index (χ0v) is 9.00. The van der Waals surface area contributed by atoms with Crippen LogP contribution in [0.15, 0.2) is 11.4 Å². The van der Waals surface area contributed by atoms with Crippen molar-refractivity contribution < 1.29 is 13.2 Å². The lowest BCUT2D eigenvalue weighted by atomic mass is 10.8. The molecule has 1 aromatic rings. The van der Waals surface area contributed by atoms with E-state index in [9.17, 15) is 13.2 Å². The summed E-state index contributed by atoms with van der Waals surface area (Å²) in [5.41, 5.74) is 5.36. The fraction of sp³-hybridized carbons (Fsp3) is 0.333. The van der Waals surface area contributed by atoms with Gasteiger partial charge < -0.3 is 15.6 Å². The molecule has 0 saturated carbocycles. The van der Waals surface area contributed by atoms with Crippen molar-refractivity contribution >= 4 is 21.9 Å². The minimum Gasteiger partial charge on any atom is -0.381 e. The number of urea groups is 1.